The third-order valence-electron chi connectivity index (χ3n) is 4.47. The van der Waals surface area contributed by atoms with Gasteiger partial charge in [0.05, 0.1) is 12.5 Å². The molecule has 2 aromatic carbocycles. The van der Waals surface area contributed by atoms with Crippen LogP contribution in [-0.4, -0.2) is 59.6 Å². The largest absolute Gasteiger partial charge is 0.392 e. The first kappa shape index (κ1) is 16.0. The van der Waals surface area contributed by atoms with Crippen molar-refractivity contribution in [1.29, 1.82) is 0 Å². The Morgan fingerprint density at radius 2 is 1.78 bits per heavy atom. The van der Waals surface area contributed by atoms with Gasteiger partial charge in [-0.1, -0.05) is 42.5 Å². The number of amides is 1. The zero-order valence-electron chi connectivity index (χ0n) is 13.6. The number of aliphatic hydroxyl groups is 1. The number of carbonyl (C=O) groups excluding carboxylic acids is 1. The second-order valence-electron chi connectivity index (χ2n) is 6.35. The van der Waals surface area contributed by atoms with Gasteiger partial charge in [-0.3, -0.25) is 9.69 Å². The van der Waals surface area contributed by atoms with E-state index in [2.05, 4.69) is 23.1 Å². The molecule has 1 amide bonds. The van der Waals surface area contributed by atoms with Gasteiger partial charge in [0.1, 0.15) is 0 Å². The third kappa shape index (κ3) is 3.89. The summed E-state index contributed by atoms with van der Waals surface area (Å²) in [5.74, 6) is 0.193. The molecule has 0 unspecified atom stereocenters. The van der Waals surface area contributed by atoms with Crippen molar-refractivity contribution in [1.82, 2.24) is 9.80 Å². The first-order valence-corrected chi connectivity index (χ1v) is 8.28. The van der Waals surface area contributed by atoms with Gasteiger partial charge in [-0.25, -0.2) is 0 Å². The molecule has 0 radical (unpaired) electrons. The van der Waals surface area contributed by atoms with Crippen molar-refractivity contribution in [2.24, 2.45) is 0 Å². The molecule has 1 aliphatic heterocycles. The highest BCUT2D eigenvalue weighted by Crippen LogP contribution is 2.19. The molecule has 1 heterocycles. The van der Waals surface area contributed by atoms with Gasteiger partial charge < -0.3 is 10.0 Å². The van der Waals surface area contributed by atoms with Crippen molar-refractivity contribution >= 4 is 16.7 Å². The van der Waals surface area contributed by atoms with E-state index in [0.29, 0.717) is 13.0 Å². The fourth-order valence-corrected chi connectivity index (χ4v) is 3.27. The zero-order valence-corrected chi connectivity index (χ0v) is 13.6. The minimum atomic E-state index is -0.312. The van der Waals surface area contributed by atoms with Crippen LogP contribution in [0.15, 0.2) is 42.5 Å². The molecule has 1 saturated heterocycles. The lowest BCUT2D eigenvalue weighted by molar-refractivity contribution is -0.132. The zero-order chi connectivity index (χ0) is 16.2. The van der Waals surface area contributed by atoms with E-state index >= 15 is 0 Å². The summed E-state index contributed by atoms with van der Waals surface area (Å²) in [6.07, 6.45) is 0.144. The van der Waals surface area contributed by atoms with Crippen LogP contribution in [0.25, 0.3) is 10.8 Å². The summed E-state index contributed by atoms with van der Waals surface area (Å²) in [6.45, 7) is 5.66. The van der Waals surface area contributed by atoms with Crippen molar-refractivity contribution in [2.75, 3.05) is 32.7 Å². The Kier molecular flexibility index (Phi) is 4.94. The van der Waals surface area contributed by atoms with Crippen molar-refractivity contribution in [2.45, 2.75) is 19.4 Å². The molecular formula is C19H24N2O2. The molecule has 1 fully saturated rings. The van der Waals surface area contributed by atoms with E-state index in [1.165, 1.54) is 5.39 Å². The molecule has 0 bridgehead atoms. The molecule has 1 aliphatic rings. The smallest absolute Gasteiger partial charge is 0.227 e. The standard InChI is InChI=1S/C19H24N2O2/c1-15(22)14-20-9-11-21(12-10-20)19(23)13-17-7-4-6-16-5-2-3-8-18(16)17/h2-8,15,22H,9-14H2,1H3/t15-/m0/s1. The van der Waals surface area contributed by atoms with Crippen LogP contribution in [-0.2, 0) is 11.2 Å². The summed E-state index contributed by atoms with van der Waals surface area (Å²) < 4.78 is 0. The first-order valence-electron chi connectivity index (χ1n) is 8.28. The van der Waals surface area contributed by atoms with Gasteiger partial charge in [0.25, 0.3) is 0 Å². The fraction of sp³-hybridized carbons (Fsp3) is 0.421. The fourth-order valence-electron chi connectivity index (χ4n) is 3.27. The number of carbonyl (C=O) groups is 1. The number of hydrogen-bond acceptors (Lipinski definition) is 3. The van der Waals surface area contributed by atoms with Crippen LogP contribution >= 0.6 is 0 Å². The van der Waals surface area contributed by atoms with E-state index in [4.69, 9.17) is 0 Å². The number of fused-ring (bicyclic) bond motifs is 1. The van der Waals surface area contributed by atoms with Crippen molar-refractivity contribution in [3.05, 3.63) is 48.0 Å². The van der Waals surface area contributed by atoms with E-state index in [1.807, 2.05) is 29.2 Å². The van der Waals surface area contributed by atoms with Crippen LogP contribution in [0, 0.1) is 0 Å². The molecule has 0 aliphatic carbocycles. The summed E-state index contributed by atoms with van der Waals surface area (Å²) in [6, 6.07) is 14.4. The number of hydrogen-bond donors (Lipinski definition) is 1. The number of nitrogens with zero attached hydrogens (tertiary/aromatic N) is 2. The van der Waals surface area contributed by atoms with Gasteiger partial charge in [-0.05, 0) is 23.3 Å². The monoisotopic (exact) mass is 312 g/mol. The van der Waals surface area contributed by atoms with Crippen LogP contribution < -0.4 is 0 Å². The van der Waals surface area contributed by atoms with Crippen LogP contribution in [0.4, 0.5) is 0 Å². The van der Waals surface area contributed by atoms with E-state index in [9.17, 15) is 9.90 Å². The van der Waals surface area contributed by atoms with Crippen molar-refractivity contribution < 1.29 is 9.90 Å². The Labute approximate surface area is 137 Å². The Balaban J connectivity index is 1.63. The predicted molar refractivity (Wildman–Crippen MR) is 92.4 cm³/mol. The average molecular weight is 312 g/mol. The minimum Gasteiger partial charge on any atom is -0.392 e. The average Bonchev–Trinajstić information content (AvgIpc) is 2.55. The number of rotatable bonds is 4. The molecule has 4 heteroatoms. The minimum absolute atomic E-state index is 0.193. The van der Waals surface area contributed by atoms with E-state index in [1.54, 1.807) is 6.92 Å². The van der Waals surface area contributed by atoms with Crippen LogP contribution in [0.1, 0.15) is 12.5 Å². The molecule has 1 N–H and O–H groups in total. The Bertz CT molecular complexity index is 671. The maximum atomic E-state index is 12.6. The van der Waals surface area contributed by atoms with E-state index in [0.717, 1.165) is 37.1 Å². The van der Waals surface area contributed by atoms with Gasteiger partial charge in [0, 0.05) is 32.7 Å². The molecule has 0 saturated carbocycles. The SMILES string of the molecule is C[C@H](O)CN1CCN(C(=O)Cc2cccc3ccccc23)CC1. The van der Waals surface area contributed by atoms with Gasteiger partial charge in [-0.15, -0.1) is 0 Å². The maximum absolute atomic E-state index is 12.6. The van der Waals surface area contributed by atoms with Gasteiger partial charge >= 0.3 is 0 Å². The summed E-state index contributed by atoms with van der Waals surface area (Å²) in [5.41, 5.74) is 1.10. The maximum Gasteiger partial charge on any atom is 0.227 e. The number of piperazine rings is 1. The lowest BCUT2D eigenvalue weighted by Gasteiger charge is -2.35. The summed E-state index contributed by atoms with van der Waals surface area (Å²) >= 11 is 0. The first-order chi connectivity index (χ1) is 11.1. The van der Waals surface area contributed by atoms with Crippen LogP contribution in [0.3, 0.4) is 0 Å². The lowest BCUT2D eigenvalue weighted by Crippen LogP contribution is -2.50. The van der Waals surface area contributed by atoms with Gasteiger partial charge in [0.2, 0.25) is 5.91 Å². The molecule has 122 valence electrons. The van der Waals surface area contributed by atoms with Gasteiger partial charge in [0.15, 0.2) is 0 Å². The highest BCUT2D eigenvalue weighted by molar-refractivity contribution is 5.90. The topological polar surface area (TPSA) is 43.8 Å². The van der Waals surface area contributed by atoms with Crippen molar-refractivity contribution in [3.8, 4) is 0 Å². The normalized spacial score (nSPS) is 17.4. The van der Waals surface area contributed by atoms with Crippen molar-refractivity contribution in [3.63, 3.8) is 0 Å². The second kappa shape index (κ2) is 7.11. The quantitative estimate of drug-likeness (QED) is 0.938. The Morgan fingerprint density at radius 3 is 2.52 bits per heavy atom. The summed E-state index contributed by atoms with van der Waals surface area (Å²) in [4.78, 5) is 16.8. The highest BCUT2D eigenvalue weighted by Gasteiger charge is 2.22. The highest BCUT2D eigenvalue weighted by atomic mass is 16.3. The van der Waals surface area contributed by atoms with Crippen LogP contribution in [0.2, 0.25) is 0 Å². The second-order valence-corrected chi connectivity index (χ2v) is 6.35. The summed E-state index contributed by atoms with van der Waals surface area (Å²) in [5, 5.41) is 11.8. The third-order valence-corrected chi connectivity index (χ3v) is 4.47. The molecular weight excluding hydrogens is 288 g/mol. The molecule has 0 spiro atoms. The lowest BCUT2D eigenvalue weighted by atomic mass is 10.0. The molecule has 23 heavy (non-hydrogen) atoms. The number of aliphatic hydroxyl groups excluding tert-OH is 1. The number of β-amino-alcohol motifs (C(OH)–C–C–N with tert-alkyl or cyclic N) is 1. The van der Waals surface area contributed by atoms with E-state index in [-0.39, 0.29) is 12.0 Å². The van der Waals surface area contributed by atoms with Gasteiger partial charge in [-0.2, -0.15) is 0 Å². The van der Waals surface area contributed by atoms with Crippen LogP contribution in [0.5, 0.6) is 0 Å². The Hall–Kier alpha value is -1.91. The molecule has 1 atom stereocenters. The predicted octanol–water partition coefficient (Wildman–Crippen LogP) is 1.91. The Morgan fingerprint density at radius 1 is 1.09 bits per heavy atom. The molecule has 0 aromatic heterocycles. The van der Waals surface area contributed by atoms with E-state index < -0.39 is 0 Å². The summed E-state index contributed by atoms with van der Waals surface area (Å²) in [7, 11) is 0. The molecule has 4 nitrogen and oxygen atoms in total. The number of benzene rings is 2. The molecule has 2 aromatic rings. The molecule has 3 rings (SSSR count).